The third kappa shape index (κ3) is 3.29. The number of hydrogen-bond donors (Lipinski definition) is 0. The quantitative estimate of drug-likeness (QED) is 0.852. The van der Waals surface area contributed by atoms with Crippen molar-refractivity contribution in [3.05, 3.63) is 64.8 Å². The highest BCUT2D eigenvalue weighted by atomic mass is 32.2. The highest BCUT2D eigenvalue weighted by Gasteiger charge is 2.15. The normalized spacial score (nSPS) is 11.4. The molecule has 0 aliphatic heterocycles. The monoisotopic (exact) mass is 281 g/mol. The van der Waals surface area contributed by atoms with E-state index >= 15 is 0 Å². The lowest BCUT2D eigenvalue weighted by Gasteiger charge is -2.06. The summed E-state index contributed by atoms with van der Waals surface area (Å²) in [5.74, 6) is -0.849. The van der Waals surface area contributed by atoms with E-state index in [-0.39, 0.29) is 22.8 Å². The molecule has 0 bridgehead atoms. The summed E-state index contributed by atoms with van der Waals surface area (Å²) in [6.45, 7) is 0.0402. The molecule has 0 N–H and O–H groups in total. The summed E-state index contributed by atoms with van der Waals surface area (Å²) in [6.07, 6.45) is 1.52. The van der Waals surface area contributed by atoms with Crippen LogP contribution in [0.4, 0.5) is 4.39 Å². The predicted octanol–water partition coefficient (Wildman–Crippen LogP) is 1.46. The van der Waals surface area contributed by atoms with E-state index in [1.54, 1.807) is 12.1 Å². The first kappa shape index (κ1) is 13.5. The molecule has 0 aliphatic carbocycles. The third-order valence-electron chi connectivity index (χ3n) is 2.66. The number of aromatic nitrogens is 1. The van der Waals surface area contributed by atoms with Crippen LogP contribution in [0.15, 0.2) is 58.4 Å². The van der Waals surface area contributed by atoms with Crippen molar-refractivity contribution >= 4 is 9.84 Å². The highest BCUT2D eigenvalue weighted by Crippen LogP contribution is 2.12. The largest absolute Gasteiger partial charge is 0.315 e. The number of rotatable bonds is 4. The molecule has 0 saturated carbocycles. The van der Waals surface area contributed by atoms with Gasteiger partial charge in [0.15, 0.2) is 9.84 Å². The molecule has 0 radical (unpaired) electrons. The van der Waals surface area contributed by atoms with E-state index in [1.807, 2.05) is 0 Å². The fourth-order valence-corrected chi connectivity index (χ4v) is 2.89. The first-order valence-corrected chi connectivity index (χ1v) is 7.28. The Labute approximate surface area is 110 Å². The van der Waals surface area contributed by atoms with Gasteiger partial charge in [-0.15, -0.1) is 0 Å². The van der Waals surface area contributed by atoms with Crippen LogP contribution in [0, 0.1) is 5.82 Å². The maximum Gasteiger partial charge on any atom is 0.250 e. The molecule has 1 aromatic heterocycles. The minimum absolute atomic E-state index is 0.0402. The van der Waals surface area contributed by atoms with Gasteiger partial charge in [-0.1, -0.05) is 12.1 Å². The van der Waals surface area contributed by atoms with Gasteiger partial charge in [0.1, 0.15) is 5.82 Å². The van der Waals surface area contributed by atoms with Crippen molar-refractivity contribution in [2.75, 3.05) is 5.75 Å². The van der Waals surface area contributed by atoms with Gasteiger partial charge in [-0.25, -0.2) is 12.8 Å². The van der Waals surface area contributed by atoms with Crippen LogP contribution in [0.1, 0.15) is 0 Å². The summed E-state index contributed by atoms with van der Waals surface area (Å²) < 4.78 is 38.3. The van der Waals surface area contributed by atoms with Crippen LogP contribution < -0.4 is 5.56 Å². The van der Waals surface area contributed by atoms with Crippen molar-refractivity contribution in [3.8, 4) is 0 Å². The van der Waals surface area contributed by atoms with Crippen molar-refractivity contribution in [3.63, 3.8) is 0 Å². The topological polar surface area (TPSA) is 56.1 Å². The summed E-state index contributed by atoms with van der Waals surface area (Å²) in [4.78, 5) is 11.4. The van der Waals surface area contributed by atoms with Crippen LogP contribution in [0.2, 0.25) is 0 Å². The van der Waals surface area contributed by atoms with Crippen LogP contribution in [0.3, 0.4) is 0 Å². The Kier molecular flexibility index (Phi) is 3.80. The molecule has 1 aromatic carbocycles. The van der Waals surface area contributed by atoms with E-state index in [0.717, 1.165) is 6.07 Å². The standard InChI is InChI=1S/C13H12FNO3S/c14-11-4-3-5-12(10-11)19(17,18)9-8-15-7-2-1-6-13(15)16/h1-7,10H,8-9H2. The highest BCUT2D eigenvalue weighted by molar-refractivity contribution is 7.91. The van der Waals surface area contributed by atoms with E-state index in [1.165, 1.54) is 35.0 Å². The van der Waals surface area contributed by atoms with Gasteiger partial charge >= 0.3 is 0 Å². The summed E-state index contributed by atoms with van der Waals surface area (Å²) >= 11 is 0. The number of aryl methyl sites for hydroxylation is 1. The van der Waals surface area contributed by atoms with Crippen LogP contribution in [-0.4, -0.2) is 18.7 Å². The first-order chi connectivity index (χ1) is 8.99. The van der Waals surface area contributed by atoms with Crippen molar-refractivity contribution in [2.24, 2.45) is 0 Å². The molecule has 100 valence electrons. The molecule has 0 aliphatic rings. The van der Waals surface area contributed by atoms with Gasteiger partial charge in [-0.05, 0) is 24.3 Å². The maximum atomic E-state index is 13.0. The lowest BCUT2D eigenvalue weighted by molar-refractivity contribution is 0.583. The van der Waals surface area contributed by atoms with E-state index in [0.29, 0.717) is 0 Å². The average Bonchev–Trinajstić information content (AvgIpc) is 2.38. The molecule has 19 heavy (non-hydrogen) atoms. The van der Waals surface area contributed by atoms with Gasteiger partial charge in [0, 0.05) is 18.8 Å². The van der Waals surface area contributed by atoms with Crippen LogP contribution >= 0.6 is 0 Å². The number of benzene rings is 1. The summed E-state index contributed by atoms with van der Waals surface area (Å²) in [5, 5.41) is 0. The zero-order valence-corrected chi connectivity index (χ0v) is 10.8. The molecule has 1 heterocycles. The SMILES string of the molecule is O=c1ccccn1CCS(=O)(=O)c1cccc(F)c1. The first-order valence-electron chi connectivity index (χ1n) is 5.63. The van der Waals surface area contributed by atoms with Gasteiger partial charge in [0.2, 0.25) is 0 Å². The van der Waals surface area contributed by atoms with Crippen molar-refractivity contribution in [1.29, 1.82) is 0 Å². The number of pyridine rings is 1. The van der Waals surface area contributed by atoms with Crippen LogP contribution in [-0.2, 0) is 16.4 Å². The molecular formula is C13H12FNO3S. The van der Waals surface area contributed by atoms with E-state index in [4.69, 9.17) is 0 Å². The van der Waals surface area contributed by atoms with Gasteiger partial charge in [0.25, 0.3) is 5.56 Å². The van der Waals surface area contributed by atoms with Crippen molar-refractivity contribution < 1.29 is 12.8 Å². The Morgan fingerprint density at radius 3 is 2.58 bits per heavy atom. The van der Waals surface area contributed by atoms with Gasteiger partial charge in [-0.2, -0.15) is 0 Å². The van der Waals surface area contributed by atoms with Gasteiger partial charge < -0.3 is 4.57 Å². The Hall–Kier alpha value is -1.95. The molecule has 0 saturated heterocycles. The summed E-state index contributed by atoms with van der Waals surface area (Å²) in [7, 11) is -3.60. The van der Waals surface area contributed by atoms with E-state index in [9.17, 15) is 17.6 Å². The smallest absolute Gasteiger partial charge is 0.250 e. The van der Waals surface area contributed by atoms with Crippen molar-refractivity contribution in [2.45, 2.75) is 11.4 Å². The fraction of sp³-hybridized carbons (Fsp3) is 0.154. The third-order valence-corrected chi connectivity index (χ3v) is 4.35. The lowest BCUT2D eigenvalue weighted by atomic mass is 10.4. The number of nitrogens with zero attached hydrogens (tertiary/aromatic N) is 1. The Balaban J connectivity index is 2.19. The van der Waals surface area contributed by atoms with Crippen molar-refractivity contribution in [1.82, 2.24) is 4.57 Å². The minimum Gasteiger partial charge on any atom is -0.315 e. The molecule has 2 aromatic rings. The molecule has 0 atom stereocenters. The summed E-state index contributed by atoms with van der Waals surface area (Å²) in [6, 6.07) is 9.43. The minimum atomic E-state index is -3.60. The maximum absolute atomic E-state index is 13.0. The number of sulfone groups is 1. The molecule has 0 amide bonds. The van der Waals surface area contributed by atoms with Gasteiger partial charge in [-0.3, -0.25) is 4.79 Å². The molecule has 4 nitrogen and oxygen atoms in total. The molecule has 0 spiro atoms. The number of halogens is 1. The predicted molar refractivity (Wildman–Crippen MR) is 69.2 cm³/mol. The second kappa shape index (κ2) is 5.36. The molecular weight excluding hydrogens is 269 g/mol. The Bertz CT molecular complexity index is 737. The van der Waals surface area contributed by atoms with Crippen LogP contribution in [0.5, 0.6) is 0 Å². The van der Waals surface area contributed by atoms with E-state index < -0.39 is 15.7 Å². The second-order valence-electron chi connectivity index (χ2n) is 4.01. The molecule has 6 heteroatoms. The summed E-state index contributed by atoms with van der Waals surface area (Å²) in [5.41, 5.74) is -0.267. The second-order valence-corrected chi connectivity index (χ2v) is 6.12. The van der Waals surface area contributed by atoms with Gasteiger partial charge in [0.05, 0.1) is 10.6 Å². The molecule has 0 unspecified atom stereocenters. The Morgan fingerprint density at radius 1 is 1.11 bits per heavy atom. The Morgan fingerprint density at radius 2 is 1.89 bits per heavy atom. The average molecular weight is 281 g/mol. The van der Waals surface area contributed by atoms with E-state index in [2.05, 4.69) is 0 Å². The fourth-order valence-electron chi connectivity index (χ4n) is 1.64. The zero-order valence-electron chi connectivity index (χ0n) is 9.99. The molecule has 2 rings (SSSR count). The lowest BCUT2D eigenvalue weighted by Crippen LogP contribution is -2.22. The zero-order chi connectivity index (χ0) is 13.9. The van der Waals surface area contributed by atoms with Crippen LogP contribution in [0.25, 0.3) is 0 Å². The number of hydrogen-bond acceptors (Lipinski definition) is 3. The molecule has 0 fully saturated rings.